The minimum Gasteiger partial charge on any atom is -0.351 e. The second kappa shape index (κ2) is 7.10. The van der Waals surface area contributed by atoms with Crippen LogP contribution in [0.2, 0.25) is 9.36 Å². The summed E-state index contributed by atoms with van der Waals surface area (Å²) in [5.74, 6) is -0.154. The van der Waals surface area contributed by atoms with Gasteiger partial charge in [0.2, 0.25) is 0 Å². The Kier molecular flexibility index (Phi) is 4.94. The molecule has 0 spiro atoms. The SMILES string of the molecule is O=C(c1cc2cc(Cl)ccc2[nH]1)N1CCN(S(=O)(=O)c2ccc(Cl)s2)CC1. The molecule has 1 fully saturated rings. The van der Waals surface area contributed by atoms with Gasteiger partial charge in [0.25, 0.3) is 15.9 Å². The third-order valence-electron chi connectivity index (χ3n) is 4.48. The van der Waals surface area contributed by atoms with Crippen molar-refractivity contribution < 1.29 is 13.2 Å². The number of nitrogens with zero attached hydrogens (tertiary/aromatic N) is 2. The van der Waals surface area contributed by atoms with Crippen molar-refractivity contribution in [2.24, 2.45) is 0 Å². The first-order valence-corrected chi connectivity index (χ1v) is 11.2. The van der Waals surface area contributed by atoms with E-state index in [4.69, 9.17) is 23.2 Å². The average molecular weight is 444 g/mol. The van der Waals surface area contributed by atoms with Crippen molar-refractivity contribution in [3.8, 4) is 0 Å². The number of amides is 1. The summed E-state index contributed by atoms with van der Waals surface area (Å²) in [5.41, 5.74) is 1.30. The Morgan fingerprint density at radius 2 is 1.78 bits per heavy atom. The molecule has 27 heavy (non-hydrogen) atoms. The van der Waals surface area contributed by atoms with Crippen LogP contribution >= 0.6 is 34.5 Å². The molecule has 0 saturated carbocycles. The lowest BCUT2D eigenvalue weighted by molar-refractivity contribution is 0.0693. The summed E-state index contributed by atoms with van der Waals surface area (Å²) < 4.78 is 27.4. The number of rotatable bonds is 3. The summed E-state index contributed by atoms with van der Waals surface area (Å²) in [7, 11) is -3.57. The van der Waals surface area contributed by atoms with Gasteiger partial charge >= 0.3 is 0 Å². The maximum absolute atomic E-state index is 12.8. The highest BCUT2D eigenvalue weighted by atomic mass is 35.5. The van der Waals surface area contributed by atoms with Gasteiger partial charge in [-0.3, -0.25) is 4.79 Å². The number of nitrogens with one attached hydrogen (secondary N) is 1. The highest BCUT2D eigenvalue weighted by molar-refractivity contribution is 7.91. The maximum Gasteiger partial charge on any atom is 0.270 e. The van der Waals surface area contributed by atoms with E-state index in [1.807, 2.05) is 6.07 Å². The van der Waals surface area contributed by atoms with Crippen molar-refractivity contribution in [1.82, 2.24) is 14.2 Å². The molecular weight excluding hydrogens is 429 g/mol. The molecule has 4 rings (SSSR count). The van der Waals surface area contributed by atoms with Gasteiger partial charge in [0.05, 0.1) is 4.34 Å². The molecule has 1 aliphatic heterocycles. The van der Waals surface area contributed by atoms with E-state index in [0.29, 0.717) is 28.1 Å². The molecule has 1 N–H and O–H groups in total. The topological polar surface area (TPSA) is 73.5 Å². The Balaban J connectivity index is 1.47. The second-order valence-corrected chi connectivity index (χ2v) is 10.5. The second-order valence-electron chi connectivity index (χ2n) is 6.17. The lowest BCUT2D eigenvalue weighted by atomic mass is 10.2. The van der Waals surface area contributed by atoms with E-state index in [-0.39, 0.29) is 23.2 Å². The zero-order chi connectivity index (χ0) is 19.2. The van der Waals surface area contributed by atoms with Gasteiger partial charge in [-0.15, -0.1) is 11.3 Å². The average Bonchev–Trinajstić information content (AvgIpc) is 3.27. The first-order chi connectivity index (χ1) is 12.8. The smallest absolute Gasteiger partial charge is 0.270 e. The Morgan fingerprint density at radius 1 is 1.04 bits per heavy atom. The van der Waals surface area contributed by atoms with E-state index in [2.05, 4.69) is 4.98 Å². The Bertz CT molecular complexity index is 1120. The van der Waals surface area contributed by atoms with Crippen LogP contribution in [0.5, 0.6) is 0 Å². The highest BCUT2D eigenvalue weighted by Crippen LogP contribution is 2.29. The molecule has 1 aromatic carbocycles. The lowest BCUT2D eigenvalue weighted by Gasteiger charge is -2.33. The van der Waals surface area contributed by atoms with Crippen molar-refractivity contribution in [3.05, 3.63) is 51.5 Å². The van der Waals surface area contributed by atoms with Gasteiger partial charge in [0, 0.05) is 42.1 Å². The van der Waals surface area contributed by atoms with Gasteiger partial charge in [-0.25, -0.2) is 8.42 Å². The molecule has 10 heteroatoms. The molecule has 0 bridgehead atoms. The van der Waals surface area contributed by atoms with E-state index in [9.17, 15) is 13.2 Å². The predicted molar refractivity (Wildman–Crippen MR) is 107 cm³/mol. The van der Waals surface area contributed by atoms with Gasteiger partial charge in [0.1, 0.15) is 9.90 Å². The fourth-order valence-electron chi connectivity index (χ4n) is 3.08. The van der Waals surface area contributed by atoms with Crippen LogP contribution in [0, 0.1) is 0 Å². The number of fused-ring (bicyclic) bond motifs is 1. The van der Waals surface area contributed by atoms with Crippen LogP contribution in [0.3, 0.4) is 0 Å². The number of benzene rings is 1. The van der Waals surface area contributed by atoms with Gasteiger partial charge in [-0.2, -0.15) is 4.31 Å². The van der Waals surface area contributed by atoms with Crippen molar-refractivity contribution in [2.75, 3.05) is 26.2 Å². The van der Waals surface area contributed by atoms with Crippen LogP contribution in [0.1, 0.15) is 10.5 Å². The quantitative estimate of drug-likeness (QED) is 0.670. The number of aromatic amines is 1. The summed E-state index contributed by atoms with van der Waals surface area (Å²) >= 11 is 12.9. The first kappa shape index (κ1) is 18.8. The van der Waals surface area contributed by atoms with Gasteiger partial charge in [-0.1, -0.05) is 23.2 Å². The van der Waals surface area contributed by atoms with Crippen molar-refractivity contribution >= 4 is 61.4 Å². The van der Waals surface area contributed by atoms with Gasteiger partial charge in [0.15, 0.2) is 0 Å². The fourth-order valence-corrected chi connectivity index (χ4v) is 6.32. The number of thiophene rings is 1. The molecule has 2 aromatic heterocycles. The number of carbonyl (C=O) groups is 1. The minimum absolute atomic E-state index is 0.154. The number of piperazine rings is 1. The molecule has 142 valence electrons. The molecule has 3 aromatic rings. The van der Waals surface area contributed by atoms with Gasteiger partial charge in [-0.05, 0) is 36.4 Å². The number of aromatic nitrogens is 1. The molecule has 0 atom stereocenters. The molecule has 3 heterocycles. The van der Waals surface area contributed by atoms with Crippen LogP contribution in [0.25, 0.3) is 10.9 Å². The molecular formula is C17H15Cl2N3O3S2. The first-order valence-electron chi connectivity index (χ1n) is 8.17. The van der Waals surface area contributed by atoms with Crippen molar-refractivity contribution in [1.29, 1.82) is 0 Å². The number of hydrogen-bond donors (Lipinski definition) is 1. The van der Waals surface area contributed by atoms with E-state index in [0.717, 1.165) is 22.2 Å². The number of carbonyl (C=O) groups excluding carboxylic acids is 1. The zero-order valence-corrected chi connectivity index (χ0v) is 17.1. The molecule has 0 unspecified atom stereocenters. The van der Waals surface area contributed by atoms with Crippen molar-refractivity contribution in [3.63, 3.8) is 0 Å². The third kappa shape index (κ3) is 3.60. The van der Waals surface area contributed by atoms with E-state index >= 15 is 0 Å². The van der Waals surface area contributed by atoms with Crippen LogP contribution in [0.4, 0.5) is 0 Å². The Labute approximate surface area is 170 Å². The standard InChI is InChI=1S/C17H15Cl2N3O3S2/c18-12-1-2-13-11(9-12)10-14(20-13)17(23)21-5-7-22(8-6-21)27(24,25)16-4-3-15(19)26-16/h1-4,9-10,20H,5-8H2. The largest absolute Gasteiger partial charge is 0.351 e. The van der Waals surface area contributed by atoms with Gasteiger partial charge < -0.3 is 9.88 Å². The summed E-state index contributed by atoms with van der Waals surface area (Å²) in [6.45, 7) is 1.14. The lowest BCUT2D eigenvalue weighted by Crippen LogP contribution is -2.50. The van der Waals surface area contributed by atoms with E-state index < -0.39 is 10.0 Å². The molecule has 0 radical (unpaired) electrons. The molecule has 1 saturated heterocycles. The maximum atomic E-state index is 12.8. The summed E-state index contributed by atoms with van der Waals surface area (Å²) in [4.78, 5) is 17.5. The summed E-state index contributed by atoms with van der Waals surface area (Å²) in [6.07, 6.45) is 0. The monoisotopic (exact) mass is 443 g/mol. The highest BCUT2D eigenvalue weighted by Gasteiger charge is 2.31. The van der Waals surface area contributed by atoms with Crippen LogP contribution in [-0.4, -0.2) is 54.7 Å². The summed E-state index contributed by atoms with van der Waals surface area (Å²) in [6, 6.07) is 10.2. The zero-order valence-electron chi connectivity index (χ0n) is 14.0. The minimum atomic E-state index is -3.57. The van der Waals surface area contributed by atoms with Crippen LogP contribution in [-0.2, 0) is 10.0 Å². The third-order valence-corrected chi connectivity index (χ3v) is 8.31. The predicted octanol–water partition coefficient (Wildman–Crippen LogP) is 3.68. The van der Waals surface area contributed by atoms with E-state index in [1.165, 1.54) is 10.4 Å². The molecule has 6 nitrogen and oxygen atoms in total. The number of halogens is 2. The number of sulfonamides is 1. The van der Waals surface area contributed by atoms with E-state index in [1.54, 1.807) is 29.2 Å². The molecule has 1 amide bonds. The van der Waals surface area contributed by atoms with Crippen LogP contribution < -0.4 is 0 Å². The molecule has 0 aliphatic carbocycles. The number of hydrogen-bond acceptors (Lipinski definition) is 4. The van der Waals surface area contributed by atoms with Crippen LogP contribution in [0.15, 0.2) is 40.6 Å². The Morgan fingerprint density at radius 3 is 2.44 bits per heavy atom. The summed E-state index contributed by atoms with van der Waals surface area (Å²) in [5, 5.41) is 1.47. The van der Waals surface area contributed by atoms with Crippen molar-refractivity contribution in [2.45, 2.75) is 4.21 Å². The molecule has 1 aliphatic rings. The normalized spacial score (nSPS) is 16.1. The fraction of sp³-hybridized carbons (Fsp3) is 0.235. The number of H-pyrrole nitrogens is 1. The Hall–Kier alpha value is -1.58.